The molecule has 0 bridgehead atoms. The van der Waals surface area contributed by atoms with Crippen molar-refractivity contribution < 1.29 is 9.90 Å². The molecule has 0 unspecified atom stereocenters. The van der Waals surface area contributed by atoms with Gasteiger partial charge in [0.05, 0.1) is 5.56 Å². The highest BCUT2D eigenvalue weighted by Gasteiger charge is 2.17. The van der Waals surface area contributed by atoms with Gasteiger partial charge in [-0.25, -0.2) is 4.79 Å². The average Bonchev–Trinajstić information content (AvgIpc) is 2.81. The zero-order valence-corrected chi connectivity index (χ0v) is 10.8. The molecular formula is C16H11ClO2. The highest BCUT2D eigenvalue weighted by atomic mass is 35.5. The van der Waals surface area contributed by atoms with E-state index in [0.29, 0.717) is 10.6 Å². The minimum atomic E-state index is -0.890. The summed E-state index contributed by atoms with van der Waals surface area (Å²) in [5, 5.41) is 9.70. The molecule has 2 nitrogen and oxygen atoms in total. The van der Waals surface area contributed by atoms with E-state index in [-0.39, 0.29) is 0 Å². The Kier molecular flexibility index (Phi) is 2.88. The van der Waals surface area contributed by atoms with Crippen molar-refractivity contribution in [2.45, 2.75) is 6.42 Å². The standard InChI is InChI=1S/C16H11ClO2/c17-13-3-1-2-10(9-13)14-6-4-11-8-12(16(18)19)5-7-15(11)14/h1-3,5-9H,4H2,(H,18,19). The summed E-state index contributed by atoms with van der Waals surface area (Å²) in [5.74, 6) is -0.890. The van der Waals surface area contributed by atoms with Crippen molar-refractivity contribution in [2.75, 3.05) is 0 Å². The molecule has 0 saturated heterocycles. The number of carboxylic acid groups (broad SMARTS) is 1. The van der Waals surface area contributed by atoms with E-state index in [1.165, 1.54) is 0 Å². The van der Waals surface area contributed by atoms with Crippen molar-refractivity contribution in [3.05, 3.63) is 75.8 Å². The van der Waals surface area contributed by atoms with Crippen LogP contribution in [0.15, 0.2) is 48.5 Å². The van der Waals surface area contributed by atoms with Crippen LogP contribution in [0.1, 0.15) is 27.0 Å². The second kappa shape index (κ2) is 4.56. The van der Waals surface area contributed by atoms with E-state index in [2.05, 4.69) is 6.08 Å². The largest absolute Gasteiger partial charge is 0.478 e. The van der Waals surface area contributed by atoms with Crippen LogP contribution in [0.2, 0.25) is 5.02 Å². The maximum atomic E-state index is 11.0. The molecule has 0 saturated carbocycles. The first-order valence-corrected chi connectivity index (χ1v) is 6.35. The lowest BCUT2D eigenvalue weighted by Crippen LogP contribution is -1.98. The number of hydrogen-bond donors (Lipinski definition) is 1. The third-order valence-electron chi connectivity index (χ3n) is 3.30. The van der Waals surface area contributed by atoms with Gasteiger partial charge in [-0.2, -0.15) is 0 Å². The van der Waals surface area contributed by atoms with Crippen LogP contribution in [0.5, 0.6) is 0 Å². The number of halogens is 1. The quantitative estimate of drug-likeness (QED) is 0.895. The van der Waals surface area contributed by atoms with Crippen LogP contribution in [-0.4, -0.2) is 11.1 Å². The Balaban J connectivity index is 2.04. The predicted molar refractivity (Wildman–Crippen MR) is 75.6 cm³/mol. The van der Waals surface area contributed by atoms with Crippen molar-refractivity contribution in [1.82, 2.24) is 0 Å². The van der Waals surface area contributed by atoms with Gasteiger partial charge in [0.15, 0.2) is 0 Å². The van der Waals surface area contributed by atoms with Gasteiger partial charge in [-0.3, -0.25) is 0 Å². The van der Waals surface area contributed by atoms with Gasteiger partial charge in [0, 0.05) is 5.02 Å². The highest BCUT2D eigenvalue weighted by Crippen LogP contribution is 2.34. The Morgan fingerprint density at radius 3 is 2.74 bits per heavy atom. The summed E-state index contributed by atoms with van der Waals surface area (Å²) in [6.45, 7) is 0. The molecule has 1 aliphatic rings. The third-order valence-corrected chi connectivity index (χ3v) is 3.54. The minimum Gasteiger partial charge on any atom is -0.478 e. The lowest BCUT2D eigenvalue weighted by atomic mass is 9.98. The fourth-order valence-corrected chi connectivity index (χ4v) is 2.60. The first-order valence-electron chi connectivity index (χ1n) is 5.98. The Morgan fingerprint density at radius 1 is 1.16 bits per heavy atom. The molecule has 94 valence electrons. The van der Waals surface area contributed by atoms with E-state index in [1.54, 1.807) is 12.1 Å². The molecule has 0 aliphatic heterocycles. The lowest BCUT2D eigenvalue weighted by molar-refractivity contribution is 0.0697. The van der Waals surface area contributed by atoms with E-state index in [1.807, 2.05) is 30.3 Å². The highest BCUT2D eigenvalue weighted by molar-refractivity contribution is 6.30. The van der Waals surface area contributed by atoms with Crippen LogP contribution in [0.3, 0.4) is 0 Å². The number of fused-ring (bicyclic) bond motifs is 1. The maximum absolute atomic E-state index is 11.0. The third kappa shape index (κ3) is 2.15. The van der Waals surface area contributed by atoms with Gasteiger partial charge in [-0.1, -0.05) is 35.9 Å². The average molecular weight is 271 g/mol. The molecule has 0 spiro atoms. The van der Waals surface area contributed by atoms with Gasteiger partial charge in [0.25, 0.3) is 0 Å². The number of carboxylic acids is 1. The lowest BCUT2D eigenvalue weighted by Gasteiger charge is -2.07. The second-order valence-electron chi connectivity index (χ2n) is 4.51. The van der Waals surface area contributed by atoms with Gasteiger partial charge in [0.1, 0.15) is 0 Å². The van der Waals surface area contributed by atoms with Gasteiger partial charge in [0.2, 0.25) is 0 Å². The molecule has 0 heterocycles. The van der Waals surface area contributed by atoms with Crippen molar-refractivity contribution in [3.8, 4) is 0 Å². The summed E-state index contributed by atoms with van der Waals surface area (Å²) in [5.41, 5.74) is 4.66. The Bertz CT molecular complexity index is 702. The smallest absolute Gasteiger partial charge is 0.335 e. The summed E-state index contributed by atoms with van der Waals surface area (Å²) in [7, 11) is 0. The zero-order chi connectivity index (χ0) is 13.4. The minimum absolute atomic E-state index is 0.333. The summed E-state index contributed by atoms with van der Waals surface area (Å²) >= 11 is 6.01. The molecule has 1 aliphatic carbocycles. The Hall–Kier alpha value is -2.06. The van der Waals surface area contributed by atoms with Crippen molar-refractivity contribution in [2.24, 2.45) is 0 Å². The number of benzene rings is 2. The van der Waals surface area contributed by atoms with Crippen molar-refractivity contribution in [1.29, 1.82) is 0 Å². The molecule has 0 fully saturated rings. The Morgan fingerprint density at radius 2 is 2.00 bits per heavy atom. The van der Waals surface area contributed by atoms with Crippen LogP contribution in [0, 0.1) is 0 Å². The molecule has 2 aromatic rings. The number of aromatic carboxylic acids is 1. The van der Waals surface area contributed by atoms with Gasteiger partial charge < -0.3 is 5.11 Å². The van der Waals surface area contributed by atoms with Gasteiger partial charge in [-0.15, -0.1) is 0 Å². The summed E-state index contributed by atoms with van der Waals surface area (Å²) in [6.07, 6.45) is 2.88. The first kappa shape index (κ1) is 12.0. The molecule has 2 aromatic carbocycles. The van der Waals surface area contributed by atoms with Crippen molar-refractivity contribution in [3.63, 3.8) is 0 Å². The SMILES string of the molecule is O=C(O)c1ccc2c(c1)CC=C2c1cccc(Cl)c1. The van der Waals surface area contributed by atoms with E-state index >= 15 is 0 Å². The normalized spacial score (nSPS) is 13.0. The van der Waals surface area contributed by atoms with E-state index < -0.39 is 5.97 Å². The monoisotopic (exact) mass is 270 g/mol. The van der Waals surface area contributed by atoms with Gasteiger partial charge >= 0.3 is 5.97 Å². The molecule has 1 N–H and O–H groups in total. The molecule has 0 atom stereocenters. The summed E-state index contributed by atoms with van der Waals surface area (Å²) in [6, 6.07) is 13.0. The Labute approximate surface area is 116 Å². The van der Waals surface area contributed by atoms with Crippen LogP contribution in [-0.2, 0) is 6.42 Å². The number of allylic oxidation sites excluding steroid dienone is 1. The summed E-state index contributed by atoms with van der Waals surface area (Å²) < 4.78 is 0. The zero-order valence-electron chi connectivity index (χ0n) is 10.1. The fourth-order valence-electron chi connectivity index (χ4n) is 2.41. The molecule has 0 amide bonds. The van der Waals surface area contributed by atoms with Gasteiger partial charge in [-0.05, 0) is 52.9 Å². The summed E-state index contributed by atoms with van der Waals surface area (Å²) in [4.78, 5) is 11.0. The number of hydrogen-bond acceptors (Lipinski definition) is 1. The predicted octanol–water partition coefficient (Wildman–Crippen LogP) is 4.03. The van der Waals surface area contributed by atoms with E-state index in [0.717, 1.165) is 28.7 Å². The molecule has 0 radical (unpaired) electrons. The molecule has 0 aromatic heterocycles. The molecule has 3 rings (SSSR count). The maximum Gasteiger partial charge on any atom is 0.335 e. The first-order chi connectivity index (χ1) is 9.15. The molecular weight excluding hydrogens is 260 g/mol. The number of rotatable bonds is 2. The number of carbonyl (C=O) groups is 1. The van der Waals surface area contributed by atoms with Crippen LogP contribution in [0.25, 0.3) is 5.57 Å². The molecule has 19 heavy (non-hydrogen) atoms. The van der Waals surface area contributed by atoms with Crippen LogP contribution >= 0.6 is 11.6 Å². The van der Waals surface area contributed by atoms with Crippen molar-refractivity contribution >= 4 is 23.1 Å². The second-order valence-corrected chi connectivity index (χ2v) is 4.95. The van der Waals surface area contributed by atoms with Crippen LogP contribution < -0.4 is 0 Å². The van der Waals surface area contributed by atoms with E-state index in [4.69, 9.17) is 16.7 Å². The van der Waals surface area contributed by atoms with Crippen LogP contribution in [0.4, 0.5) is 0 Å². The van der Waals surface area contributed by atoms with E-state index in [9.17, 15) is 4.79 Å². The fraction of sp³-hybridized carbons (Fsp3) is 0.0625. The topological polar surface area (TPSA) is 37.3 Å². The molecule has 3 heteroatoms.